The number of carbonyl (C=O) groups excluding carboxylic acids is 1. The highest BCUT2D eigenvalue weighted by Gasteiger charge is 2.13. The normalized spacial score (nSPS) is 12.9. The van der Waals surface area contributed by atoms with Gasteiger partial charge < -0.3 is 9.47 Å². The summed E-state index contributed by atoms with van der Waals surface area (Å²) in [6, 6.07) is 5.49. The van der Waals surface area contributed by atoms with E-state index in [0.717, 1.165) is 21.8 Å². The smallest absolute Gasteiger partial charge is 0.272 e. The molecule has 0 unspecified atom stereocenters. The monoisotopic (exact) mass is 302 g/mol. The SMILES string of the molecule is Cc1scc(C(=O)N/N=C/c2ccc3c(c2)OCO3)c1C. The molecule has 0 radical (unpaired) electrons. The Morgan fingerprint density at radius 1 is 1.33 bits per heavy atom. The van der Waals surface area contributed by atoms with Crippen molar-refractivity contribution >= 4 is 23.5 Å². The highest BCUT2D eigenvalue weighted by molar-refractivity contribution is 7.10. The lowest BCUT2D eigenvalue weighted by molar-refractivity contribution is 0.0955. The molecule has 0 bridgehead atoms. The standard InChI is InChI=1S/C15H14N2O3S/c1-9-10(2)21-7-12(9)15(18)17-16-6-11-3-4-13-14(5-11)20-8-19-13/h3-7H,8H2,1-2H3,(H,17,18)/b16-6+. The number of benzene rings is 1. The number of rotatable bonds is 3. The number of ether oxygens (including phenoxy) is 2. The maximum atomic E-state index is 12.0. The molecular weight excluding hydrogens is 288 g/mol. The Labute approximate surface area is 126 Å². The van der Waals surface area contributed by atoms with Crippen LogP contribution in [0.15, 0.2) is 28.7 Å². The maximum Gasteiger partial charge on any atom is 0.272 e. The molecule has 0 saturated carbocycles. The van der Waals surface area contributed by atoms with Crippen LogP contribution in [0.1, 0.15) is 26.4 Å². The molecule has 1 aromatic heterocycles. The molecule has 6 heteroatoms. The second-order valence-corrected chi connectivity index (χ2v) is 5.73. The van der Waals surface area contributed by atoms with E-state index in [1.807, 2.05) is 37.4 Å². The van der Waals surface area contributed by atoms with Crippen molar-refractivity contribution in [3.8, 4) is 11.5 Å². The van der Waals surface area contributed by atoms with Gasteiger partial charge in [-0.1, -0.05) is 0 Å². The van der Waals surface area contributed by atoms with Crippen LogP contribution in [-0.2, 0) is 0 Å². The van der Waals surface area contributed by atoms with Gasteiger partial charge in [0.1, 0.15) is 0 Å². The van der Waals surface area contributed by atoms with E-state index in [0.29, 0.717) is 11.3 Å². The predicted octanol–water partition coefficient (Wildman–Crippen LogP) is 2.86. The number of hydrogen-bond acceptors (Lipinski definition) is 5. The zero-order valence-electron chi connectivity index (χ0n) is 11.7. The Kier molecular flexibility index (Phi) is 3.62. The Balaban J connectivity index is 1.67. The highest BCUT2D eigenvalue weighted by atomic mass is 32.1. The molecule has 1 aliphatic rings. The van der Waals surface area contributed by atoms with E-state index >= 15 is 0 Å². The molecule has 21 heavy (non-hydrogen) atoms. The first-order chi connectivity index (χ1) is 10.1. The Bertz CT molecular complexity index is 722. The number of nitrogens with zero attached hydrogens (tertiary/aromatic N) is 1. The largest absolute Gasteiger partial charge is 0.454 e. The lowest BCUT2D eigenvalue weighted by Gasteiger charge is -2.00. The summed E-state index contributed by atoms with van der Waals surface area (Å²) in [5.41, 5.74) is 5.03. The van der Waals surface area contributed by atoms with Crippen molar-refractivity contribution in [1.82, 2.24) is 5.43 Å². The average molecular weight is 302 g/mol. The van der Waals surface area contributed by atoms with Gasteiger partial charge in [-0.05, 0) is 43.2 Å². The molecule has 2 aromatic rings. The van der Waals surface area contributed by atoms with Crippen LogP contribution < -0.4 is 14.9 Å². The summed E-state index contributed by atoms with van der Waals surface area (Å²) < 4.78 is 10.5. The Morgan fingerprint density at radius 2 is 2.14 bits per heavy atom. The first-order valence-corrected chi connectivity index (χ1v) is 7.31. The summed E-state index contributed by atoms with van der Waals surface area (Å²) in [6.07, 6.45) is 1.58. The van der Waals surface area contributed by atoms with E-state index in [2.05, 4.69) is 10.5 Å². The van der Waals surface area contributed by atoms with Gasteiger partial charge in [-0.2, -0.15) is 5.10 Å². The molecule has 0 aliphatic carbocycles. The second kappa shape index (κ2) is 5.57. The molecule has 3 rings (SSSR count). The van der Waals surface area contributed by atoms with Crippen LogP contribution in [0.2, 0.25) is 0 Å². The minimum absolute atomic E-state index is 0.200. The number of fused-ring (bicyclic) bond motifs is 1. The molecule has 1 N–H and O–H groups in total. The first-order valence-electron chi connectivity index (χ1n) is 6.43. The predicted molar refractivity (Wildman–Crippen MR) is 81.4 cm³/mol. The van der Waals surface area contributed by atoms with Crippen LogP contribution in [0.3, 0.4) is 0 Å². The van der Waals surface area contributed by atoms with E-state index in [4.69, 9.17) is 9.47 Å². The molecule has 0 saturated heterocycles. The third-order valence-electron chi connectivity index (χ3n) is 3.31. The van der Waals surface area contributed by atoms with Crippen molar-refractivity contribution in [2.24, 2.45) is 5.10 Å². The summed E-state index contributed by atoms with van der Waals surface area (Å²) in [5.74, 6) is 1.21. The minimum atomic E-state index is -0.200. The van der Waals surface area contributed by atoms with Crippen molar-refractivity contribution in [3.05, 3.63) is 45.1 Å². The lowest BCUT2D eigenvalue weighted by atomic mass is 10.2. The fraction of sp³-hybridized carbons (Fsp3) is 0.200. The van der Waals surface area contributed by atoms with E-state index < -0.39 is 0 Å². The summed E-state index contributed by atoms with van der Waals surface area (Å²) in [6.45, 7) is 4.17. The van der Waals surface area contributed by atoms with Crippen LogP contribution in [0.4, 0.5) is 0 Å². The molecule has 1 aliphatic heterocycles. The summed E-state index contributed by atoms with van der Waals surface area (Å²) in [4.78, 5) is 13.1. The minimum Gasteiger partial charge on any atom is -0.454 e. The van der Waals surface area contributed by atoms with Crippen LogP contribution in [0.25, 0.3) is 0 Å². The molecule has 1 amide bonds. The van der Waals surface area contributed by atoms with Gasteiger partial charge in [0.05, 0.1) is 11.8 Å². The van der Waals surface area contributed by atoms with Gasteiger partial charge in [-0.3, -0.25) is 4.79 Å². The van der Waals surface area contributed by atoms with Gasteiger partial charge in [0.25, 0.3) is 5.91 Å². The summed E-state index contributed by atoms with van der Waals surface area (Å²) in [5, 5.41) is 5.82. The van der Waals surface area contributed by atoms with E-state index in [1.165, 1.54) is 0 Å². The number of hydrazone groups is 1. The van der Waals surface area contributed by atoms with Crippen LogP contribution >= 0.6 is 11.3 Å². The van der Waals surface area contributed by atoms with E-state index in [9.17, 15) is 4.79 Å². The van der Waals surface area contributed by atoms with Gasteiger partial charge in [0.2, 0.25) is 6.79 Å². The van der Waals surface area contributed by atoms with Crippen molar-refractivity contribution in [3.63, 3.8) is 0 Å². The number of nitrogens with one attached hydrogen (secondary N) is 1. The van der Waals surface area contributed by atoms with Gasteiger partial charge in [0, 0.05) is 10.3 Å². The summed E-state index contributed by atoms with van der Waals surface area (Å²) >= 11 is 1.56. The molecular formula is C15H14N2O3S. The molecule has 0 fully saturated rings. The fourth-order valence-corrected chi connectivity index (χ4v) is 2.82. The van der Waals surface area contributed by atoms with Crippen LogP contribution in [0.5, 0.6) is 11.5 Å². The Morgan fingerprint density at radius 3 is 2.90 bits per heavy atom. The van der Waals surface area contributed by atoms with Crippen LogP contribution in [-0.4, -0.2) is 18.9 Å². The molecule has 0 atom stereocenters. The van der Waals surface area contributed by atoms with Gasteiger partial charge in [0.15, 0.2) is 11.5 Å². The van der Waals surface area contributed by atoms with Crippen molar-refractivity contribution in [2.75, 3.05) is 6.79 Å². The van der Waals surface area contributed by atoms with Crippen molar-refractivity contribution < 1.29 is 14.3 Å². The highest BCUT2D eigenvalue weighted by Crippen LogP contribution is 2.31. The molecule has 108 valence electrons. The number of thiophene rings is 1. The third kappa shape index (κ3) is 2.75. The van der Waals surface area contributed by atoms with Gasteiger partial charge in [-0.25, -0.2) is 5.43 Å². The second-order valence-electron chi connectivity index (χ2n) is 4.64. The zero-order valence-corrected chi connectivity index (χ0v) is 12.5. The molecule has 5 nitrogen and oxygen atoms in total. The zero-order chi connectivity index (χ0) is 14.8. The van der Waals surface area contributed by atoms with E-state index in [1.54, 1.807) is 17.6 Å². The van der Waals surface area contributed by atoms with Gasteiger partial charge in [-0.15, -0.1) is 11.3 Å². The summed E-state index contributed by atoms with van der Waals surface area (Å²) in [7, 11) is 0. The van der Waals surface area contributed by atoms with Crippen molar-refractivity contribution in [2.45, 2.75) is 13.8 Å². The first kappa shape index (κ1) is 13.6. The quantitative estimate of drug-likeness (QED) is 0.700. The maximum absolute atomic E-state index is 12.0. The Hall–Kier alpha value is -2.34. The van der Waals surface area contributed by atoms with Crippen LogP contribution in [0, 0.1) is 13.8 Å². The molecule has 0 spiro atoms. The number of hydrogen-bond donors (Lipinski definition) is 1. The average Bonchev–Trinajstić information content (AvgIpc) is 3.06. The number of aryl methyl sites for hydroxylation is 1. The number of amides is 1. The lowest BCUT2D eigenvalue weighted by Crippen LogP contribution is -2.17. The van der Waals surface area contributed by atoms with E-state index in [-0.39, 0.29) is 12.7 Å². The molecule has 1 aromatic carbocycles. The van der Waals surface area contributed by atoms with Crippen molar-refractivity contribution in [1.29, 1.82) is 0 Å². The number of carbonyl (C=O) groups is 1. The van der Waals surface area contributed by atoms with Gasteiger partial charge >= 0.3 is 0 Å². The topological polar surface area (TPSA) is 59.9 Å². The third-order valence-corrected chi connectivity index (χ3v) is 4.32. The molecule has 2 heterocycles. The fourth-order valence-electron chi connectivity index (χ4n) is 1.96.